The average Bonchev–Trinajstić information content (AvgIpc) is 2.35. The first-order valence-corrected chi connectivity index (χ1v) is 6.03. The molecule has 1 aromatic rings. The summed E-state index contributed by atoms with van der Waals surface area (Å²) in [7, 11) is 0. The first-order valence-electron chi connectivity index (χ1n) is 5.65. The molecule has 4 nitrogen and oxygen atoms in total. The number of nitrogens with zero attached hydrogens (tertiary/aromatic N) is 1. The van der Waals surface area contributed by atoms with E-state index in [2.05, 4.69) is 0 Å². The topological polar surface area (TPSA) is 49.8 Å². The highest BCUT2D eigenvalue weighted by Crippen LogP contribution is 2.18. The Morgan fingerprint density at radius 2 is 1.90 bits per heavy atom. The van der Waals surface area contributed by atoms with E-state index in [4.69, 9.17) is 21.4 Å². The predicted octanol–water partition coefficient (Wildman–Crippen LogP) is 2.10. The zero-order chi connectivity index (χ0) is 15.2. The molecule has 1 rings (SSSR count). The molecule has 0 aliphatic carbocycles. The molecule has 1 N–H and O–H groups in total. The van der Waals surface area contributed by atoms with Gasteiger partial charge in [0.25, 0.3) is 5.91 Å². The number of carbonyl (C=O) groups excluding carboxylic acids is 1. The summed E-state index contributed by atoms with van der Waals surface area (Å²) in [6.45, 7) is -2.92. The number of amides is 1. The number of aliphatic hydroxyl groups is 1. The zero-order valence-corrected chi connectivity index (χ0v) is 11.1. The number of hydrogen-bond donors (Lipinski definition) is 1. The Kier molecular flexibility index (Phi) is 6.09. The Bertz CT molecular complexity index is 437. The Morgan fingerprint density at radius 3 is 2.40 bits per heavy atom. The summed E-state index contributed by atoms with van der Waals surface area (Å²) in [5, 5.41) is 9.16. The quantitative estimate of drug-likeness (QED) is 0.875. The molecule has 0 saturated carbocycles. The minimum absolute atomic E-state index is 0.318. The van der Waals surface area contributed by atoms with Crippen LogP contribution in [0.15, 0.2) is 24.3 Å². The lowest BCUT2D eigenvalue weighted by Gasteiger charge is -2.23. The molecule has 20 heavy (non-hydrogen) atoms. The van der Waals surface area contributed by atoms with Crippen LogP contribution in [0.5, 0.6) is 5.75 Å². The third-order valence-electron chi connectivity index (χ3n) is 2.27. The van der Waals surface area contributed by atoms with Crippen LogP contribution in [0.3, 0.4) is 0 Å². The minimum Gasteiger partial charge on any atom is -0.484 e. The van der Waals surface area contributed by atoms with Gasteiger partial charge in [0.2, 0.25) is 0 Å². The van der Waals surface area contributed by atoms with Crippen molar-refractivity contribution in [3.8, 4) is 5.75 Å². The summed E-state index contributed by atoms with van der Waals surface area (Å²) in [5.74, 6) is -0.537. The molecule has 1 amide bonds. The van der Waals surface area contributed by atoms with Gasteiger partial charge in [0.05, 0.1) is 6.61 Å². The molecule has 0 spiro atoms. The van der Waals surface area contributed by atoms with Gasteiger partial charge in [-0.1, -0.05) is 11.6 Å². The third-order valence-corrected chi connectivity index (χ3v) is 2.52. The molecule has 8 heteroatoms. The van der Waals surface area contributed by atoms with Crippen molar-refractivity contribution < 1.29 is 27.8 Å². The fourth-order valence-corrected chi connectivity index (χ4v) is 1.52. The fourth-order valence-electron chi connectivity index (χ4n) is 1.40. The Hall–Kier alpha value is -1.47. The van der Waals surface area contributed by atoms with E-state index in [9.17, 15) is 18.0 Å². The Balaban J connectivity index is 2.55. The summed E-state index contributed by atoms with van der Waals surface area (Å²) in [5.41, 5.74) is 0. The first kappa shape index (κ1) is 16.6. The molecule has 0 atom stereocenters. The van der Waals surface area contributed by atoms with Crippen LogP contribution in [0, 0.1) is 0 Å². The highest BCUT2D eigenvalue weighted by Gasteiger charge is 2.32. The fraction of sp³-hybridized carbons (Fsp3) is 0.417. The van der Waals surface area contributed by atoms with Gasteiger partial charge >= 0.3 is 6.18 Å². The van der Waals surface area contributed by atoms with Crippen molar-refractivity contribution in [2.24, 2.45) is 0 Å². The number of benzene rings is 1. The predicted molar refractivity (Wildman–Crippen MR) is 66.7 cm³/mol. The molecule has 0 aromatic heterocycles. The van der Waals surface area contributed by atoms with Crippen LogP contribution >= 0.6 is 11.6 Å². The lowest BCUT2D eigenvalue weighted by molar-refractivity contribution is -0.163. The molecule has 112 valence electrons. The second-order valence-corrected chi connectivity index (χ2v) is 4.33. The standard InChI is InChI=1S/C12H13ClF3NO3/c13-9-1-3-10(4-2-9)20-7-11(19)17(5-6-18)8-12(14,15)16/h1-4,18H,5-8H2. The normalized spacial score (nSPS) is 11.2. The summed E-state index contributed by atoms with van der Waals surface area (Å²) < 4.78 is 41.9. The highest BCUT2D eigenvalue weighted by molar-refractivity contribution is 6.30. The lowest BCUT2D eigenvalue weighted by atomic mass is 10.3. The third kappa shape index (κ3) is 6.12. The average molecular weight is 312 g/mol. The summed E-state index contributed by atoms with van der Waals surface area (Å²) in [6, 6.07) is 6.05. The van der Waals surface area contributed by atoms with E-state index in [-0.39, 0.29) is 0 Å². The largest absolute Gasteiger partial charge is 0.484 e. The summed E-state index contributed by atoms with van der Waals surface area (Å²) >= 11 is 5.66. The minimum atomic E-state index is -4.52. The van der Waals surface area contributed by atoms with Crippen LogP contribution in [-0.2, 0) is 4.79 Å². The van der Waals surface area contributed by atoms with Crippen LogP contribution < -0.4 is 4.74 Å². The van der Waals surface area contributed by atoms with Crippen molar-refractivity contribution in [3.05, 3.63) is 29.3 Å². The second-order valence-electron chi connectivity index (χ2n) is 3.90. The maximum Gasteiger partial charge on any atom is 0.406 e. The summed E-state index contributed by atoms with van der Waals surface area (Å²) in [6.07, 6.45) is -4.52. The van der Waals surface area contributed by atoms with Crippen molar-refractivity contribution >= 4 is 17.5 Å². The van der Waals surface area contributed by atoms with Gasteiger partial charge in [0, 0.05) is 11.6 Å². The van der Waals surface area contributed by atoms with Crippen LogP contribution in [0.4, 0.5) is 13.2 Å². The van der Waals surface area contributed by atoms with Crippen molar-refractivity contribution in [2.45, 2.75) is 6.18 Å². The Morgan fingerprint density at radius 1 is 1.30 bits per heavy atom. The van der Waals surface area contributed by atoms with Crippen LogP contribution in [0.1, 0.15) is 0 Å². The van der Waals surface area contributed by atoms with Gasteiger partial charge < -0.3 is 14.7 Å². The van der Waals surface area contributed by atoms with Gasteiger partial charge in [-0.05, 0) is 24.3 Å². The van der Waals surface area contributed by atoms with E-state index in [0.717, 1.165) is 0 Å². The van der Waals surface area contributed by atoms with Crippen molar-refractivity contribution in [1.29, 1.82) is 0 Å². The lowest BCUT2D eigenvalue weighted by Crippen LogP contribution is -2.42. The molecule has 0 unspecified atom stereocenters. The zero-order valence-electron chi connectivity index (χ0n) is 10.4. The molecule has 0 radical (unpaired) electrons. The van der Waals surface area contributed by atoms with E-state index in [1.54, 1.807) is 0 Å². The van der Waals surface area contributed by atoms with Gasteiger partial charge in [0.15, 0.2) is 6.61 Å². The molecule has 0 aliphatic rings. The SMILES string of the molecule is O=C(COc1ccc(Cl)cc1)N(CCO)CC(F)(F)F. The van der Waals surface area contributed by atoms with Crippen molar-refractivity contribution in [1.82, 2.24) is 4.90 Å². The molecule has 0 heterocycles. The van der Waals surface area contributed by atoms with Crippen molar-refractivity contribution in [2.75, 3.05) is 26.3 Å². The molecule has 0 saturated heterocycles. The van der Waals surface area contributed by atoms with E-state index >= 15 is 0 Å². The smallest absolute Gasteiger partial charge is 0.406 e. The van der Waals surface area contributed by atoms with E-state index in [1.165, 1.54) is 24.3 Å². The van der Waals surface area contributed by atoms with Gasteiger partial charge in [-0.25, -0.2) is 0 Å². The number of hydrogen-bond acceptors (Lipinski definition) is 3. The van der Waals surface area contributed by atoms with Gasteiger partial charge in [-0.2, -0.15) is 13.2 Å². The molecule has 1 aromatic carbocycles. The van der Waals surface area contributed by atoms with Gasteiger partial charge in [-0.3, -0.25) is 4.79 Å². The van der Waals surface area contributed by atoms with E-state index < -0.39 is 38.4 Å². The van der Waals surface area contributed by atoms with E-state index in [1.807, 2.05) is 0 Å². The number of rotatable bonds is 6. The second kappa shape index (κ2) is 7.35. The Labute approximate surface area is 118 Å². The van der Waals surface area contributed by atoms with Crippen LogP contribution in [-0.4, -0.2) is 48.4 Å². The van der Waals surface area contributed by atoms with Crippen molar-refractivity contribution in [3.63, 3.8) is 0 Å². The van der Waals surface area contributed by atoms with Gasteiger partial charge in [0.1, 0.15) is 12.3 Å². The maximum atomic E-state index is 12.3. The number of ether oxygens (including phenoxy) is 1. The maximum absolute atomic E-state index is 12.3. The highest BCUT2D eigenvalue weighted by atomic mass is 35.5. The van der Waals surface area contributed by atoms with E-state index in [0.29, 0.717) is 15.7 Å². The van der Waals surface area contributed by atoms with Crippen LogP contribution in [0.25, 0.3) is 0 Å². The molecular formula is C12H13ClF3NO3. The number of carbonyl (C=O) groups is 1. The number of aliphatic hydroxyl groups excluding tert-OH is 1. The number of alkyl halides is 3. The summed E-state index contributed by atoms with van der Waals surface area (Å²) in [4.78, 5) is 12.1. The molecular weight excluding hydrogens is 299 g/mol. The number of halogens is 4. The first-order chi connectivity index (χ1) is 9.31. The van der Waals surface area contributed by atoms with Gasteiger partial charge in [-0.15, -0.1) is 0 Å². The molecule has 0 aliphatic heterocycles. The van der Waals surface area contributed by atoms with Crippen LogP contribution in [0.2, 0.25) is 5.02 Å². The monoisotopic (exact) mass is 311 g/mol. The molecule has 0 fully saturated rings. The molecule has 0 bridgehead atoms.